The minimum absolute atomic E-state index is 0.00580. The first-order valence-corrected chi connectivity index (χ1v) is 15.9. The van der Waals surface area contributed by atoms with Crippen LogP contribution in [0.25, 0.3) is 0 Å². The van der Waals surface area contributed by atoms with Gasteiger partial charge < -0.3 is 15.0 Å². The maximum absolute atomic E-state index is 14.2. The number of carbonyl (C=O) groups excluding carboxylic acids is 2. The molecule has 0 aliphatic carbocycles. The summed E-state index contributed by atoms with van der Waals surface area (Å²) in [5, 5.41) is 3.75. The van der Waals surface area contributed by atoms with E-state index in [4.69, 9.17) is 27.9 Å². The van der Waals surface area contributed by atoms with Gasteiger partial charge in [-0.15, -0.1) is 0 Å². The molecule has 2 atom stereocenters. The highest BCUT2D eigenvalue weighted by Gasteiger charge is 2.35. The van der Waals surface area contributed by atoms with Crippen molar-refractivity contribution in [2.24, 2.45) is 0 Å². The molecule has 1 N–H and O–H groups in total. The summed E-state index contributed by atoms with van der Waals surface area (Å²) in [5.74, 6) is -0.676. The van der Waals surface area contributed by atoms with Crippen molar-refractivity contribution >= 4 is 50.7 Å². The summed E-state index contributed by atoms with van der Waals surface area (Å²) in [7, 11) is -2.87. The molecular formula is C31H37Cl2N3O5S. The van der Waals surface area contributed by atoms with Crippen molar-refractivity contribution in [3.63, 3.8) is 0 Å². The molecule has 0 bridgehead atoms. The van der Waals surface area contributed by atoms with E-state index >= 15 is 0 Å². The Balaban J connectivity index is 2.12. The number of sulfonamides is 1. The Morgan fingerprint density at radius 2 is 1.55 bits per heavy atom. The number of rotatable bonds is 13. The fourth-order valence-electron chi connectivity index (χ4n) is 4.36. The van der Waals surface area contributed by atoms with Crippen molar-refractivity contribution in [3.8, 4) is 5.75 Å². The van der Waals surface area contributed by atoms with Crippen LogP contribution < -0.4 is 14.4 Å². The second kappa shape index (κ2) is 14.8. The predicted molar refractivity (Wildman–Crippen MR) is 168 cm³/mol. The van der Waals surface area contributed by atoms with Crippen LogP contribution in [0.3, 0.4) is 0 Å². The molecule has 0 fully saturated rings. The first kappa shape index (κ1) is 33.2. The fourth-order valence-corrected chi connectivity index (χ4v) is 6.06. The van der Waals surface area contributed by atoms with Gasteiger partial charge in [-0.05, 0) is 74.7 Å². The number of halogens is 2. The highest BCUT2D eigenvalue weighted by atomic mass is 35.5. The van der Waals surface area contributed by atoms with Gasteiger partial charge in [-0.25, -0.2) is 8.42 Å². The summed E-state index contributed by atoms with van der Waals surface area (Å²) >= 11 is 12.4. The molecule has 2 unspecified atom stereocenters. The van der Waals surface area contributed by atoms with Gasteiger partial charge in [-0.2, -0.15) is 0 Å². The summed E-state index contributed by atoms with van der Waals surface area (Å²) in [6.45, 7) is 6.96. The van der Waals surface area contributed by atoms with Crippen molar-refractivity contribution < 1.29 is 22.7 Å². The number of carbonyl (C=O) groups is 2. The van der Waals surface area contributed by atoms with Crippen molar-refractivity contribution in [3.05, 3.63) is 87.9 Å². The van der Waals surface area contributed by atoms with Crippen molar-refractivity contribution in [1.82, 2.24) is 10.2 Å². The highest BCUT2D eigenvalue weighted by molar-refractivity contribution is 7.92. The first-order chi connectivity index (χ1) is 19.9. The third kappa shape index (κ3) is 8.18. The largest absolute Gasteiger partial charge is 0.495 e. The molecule has 3 rings (SSSR count). The van der Waals surface area contributed by atoms with Gasteiger partial charge in [0, 0.05) is 22.6 Å². The van der Waals surface area contributed by atoms with E-state index < -0.39 is 28.5 Å². The Hall–Kier alpha value is -3.27. The Kier molecular flexibility index (Phi) is 11.7. The highest BCUT2D eigenvalue weighted by Crippen LogP contribution is 2.35. The average molecular weight is 635 g/mol. The quantitative estimate of drug-likeness (QED) is 0.241. The van der Waals surface area contributed by atoms with Gasteiger partial charge in [0.25, 0.3) is 10.0 Å². The lowest BCUT2D eigenvalue weighted by atomic mass is 10.1. The van der Waals surface area contributed by atoms with Gasteiger partial charge in [-0.3, -0.25) is 13.9 Å². The normalized spacial score (nSPS) is 12.7. The molecule has 8 nitrogen and oxygen atoms in total. The van der Waals surface area contributed by atoms with Gasteiger partial charge in [-0.1, -0.05) is 66.9 Å². The zero-order chi connectivity index (χ0) is 31.0. The summed E-state index contributed by atoms with van der Waals surface area (Å²) in [6.07, 6.45) is 1.03. The molecule has 2 amide bonds. The van der Waals surface area contributed by atoms with Crippen LogP contribution in [0, 0.1) is 6.92 Å². The zero-order valence-electron chi connectivity index (χ0n) is 24.4. The van der Waals surface area contributed by atoms with E-state index in [1.807, 2.05) is 27.7 Å². The summed E-state index contributed by atoms with van der Waals surface area (Å²) in [5.41, 5.74) is 1.71. The third-order valence-corrected chi connectivity index (χ3v) is 9.21. The lowest BCUT2D eigenvalue weighted by Gasteiger charge is -2.34. The van der Waals surface area contributed by atoms with Gasteiger partial charge in [0.05, 0.1) is 17.7 Å². The number of anilines is 1. The summed E-state index contributed by atoms with van der Waals surface area (Å²) in [4.78, 5) is 29.0. The molecule has 11 heteroatoms. The first-order valence-electron chi connectivity index (χ1n) is 13.7. The maximum atomic E-state index is 14.2. The Morgan fingerprint density at radius 1 is 0.929 bits per heavy atom. The summed E-state index contributed by atoms with van der Waals surface area (Å²) < 4.78 is 34.7. The second-order valence-electron chi connectivity index (χ2n) is 10.0. The third-order valence-electron chi connectivity index (χ3n) is 6.95. The molecule has 0 spiro atoms. The van der Waals surface area contributed by atoms with Crippen molar-refractivity contribution in [2.75, 3.05) is 18.0 Å². The Bertz CT molecular complexity index is 1480. The SMILES string of the molecule is CCC(C)NC(=O)C(CC)N(Cc1ccc(Cl)cc1)C(=O)CN(c1cc(Cl)ccc1OC)S(=O)(=O)c1ccc(C)cc1. The van der Waals surface area contributed by atoms with Crippen LogP contribution in [0.5, 0.6) is 5.75 Å². The molecule has 0 aliphatic rings. The monoisotopic (exact) mass is 633 g/mol. The Labute approximate surface area is 258 Å². The lowest BCUT2D eigenvalue weighted by molar-refractivity contribution is -0.140. The molecule has 0 aliphatic heterocycles. The smallest absolute Gasteiger partial charge is 0.264 e. The van der Waals surface area contributed by atoms with E-state index in [0.29, 0.717) is 17.9 Å². The van der Waals surface area contributed by atoms with E-state index in [-0.39, 0.29) is 39.8 Å². The predicted octanol–water partition coefficient (Wildman–Crippen LogP) is 6.23. The topological polar surface area (TPSA) is 96.0 Å². The number of benzene rings is 3. The van der Waals surface area contributed by atoms with Crippen molar-refractivity contribution in [2.45, 2.75) is 64.1 Å². The summed E-state index contributed by atoms with van der Waals surface area (Å²) in [6, 6.07) is 16.9. The maximum Gasteiger partial charge on any atom is 0.264 e. The average Bonchev–Trinajstić information content (AvgIpc) is 2.96. The number of amides is 2. The van der Waals surface area contributed by atoms with Crippen LogP contribution in [-0.4, -0.2) is 50.9 Å². The van der Waals surface area contributed by atoms with E-state index in [9.17, 15) is 18.0 Å². The van der Waals surface area contributed by atoms with Gasteiger partial charge in [0.2, 0.25) is 11.8 Å². The number of hydrogen-bond donors (Lipinski definition) is 1. The standard InChI is InChI=1S/C31H37Cl2N3O5S/c1-6-22(4)34-31(38)27(7-2)35(19-23-10-12-24(32)13-11-23)30(37)20-36(28-18-25(33)14-17-29(28)41-5)42(39,40)26-15-8-21(3)9-16-26/h8-18,22,27H,6-7,19-20H2,1-5H3,(H,34,38). The van der Waals surface area contributed by atoms with E-state index in [2.05, 4.69) is 5.32 Å². The van der Waals surface area contributed by atoms with E-state index in [1.165, 1.54) is 30.2 Å². The molecule has 0 heterocycles. The molecule has 42 heavy (non-hydrogen) atoms. The van der Waals surface area contributed by atoms with Crippen LogP contribution >= 0.6 is 23.2 Å². The lowest BCUT2D eigenvalue weighted by Crippen LogP contribution is -2.53. The zero-order valence-corrected chi connectivity index (χ0v) is 26.8. The van der Waals surface area contributed by atoms with E-state index in [0.717, 1.165) is 15.4 Å². The second-order valence-corrected chi connectivity index (χ2v) is 12.8. The minimum atomic E-state index is -4.27. The number of methoxy groups -OCH3 is 1. The van der Waals surface area contributed by atoms with Gasteiger partial charge >= 0.3 is 0 Å². The van der Waals surface area contributed by atoms with Crippen LogP contribution in [0.1, 0.15) is 44.7 Å². The van der Waals surface area contributed by atoms with Gasteiger partial charge in [0.1, 0.15) is 18.3 Å². The number of nitrogens with zero attached hydrogens (tertiary/aromatic N) is 2. The molecule has 0 saturated carbocycles. The number of hydrogen-bond acceptors (Lipinski definition) is 5. The Morgan fingerprint density at radius 3 is 2.12 bits per heavy atom. The van der Waals surface area contributed by atoms with Crippen LogP contribution in [-0.2, 0) is 26.2 Å². The molecule has 0 aromatic heterocycles. The number of ether oxygens (including phenoxy) is 1. The fraction of sp³-hybridized carbons (Fsp3) is 0.355. The minimum Gasteiger partial charge on any atom is -0.495 e. The molecular weight excluding hydrogens is 597 g/mol. The molecule has 3 aromatic rings. The van der Waals surface area contributed by atoms with Gasteiger partial charge in [0.15, 0.2) is 0 Å². The van der Waals surface area contributed by atoms with Crippen LogP contribution in [0.2, 0.25) is 10.0 Å². The molecule has 3 aromatic carbocycles. The molecule has 0 saturated heterocycles. The van der Waals surface area contributed by atoms with Crippen LogP contribution in [0.4, 0.5) is 5.69 Å². The number of aryl methyl sites for hydroxylation is 1. The van der Waals surface area contributed by atoms with Crippen molar-refractivity contribution in [1.29, 1.82) is 0 Å². The number of nitrogens with one attached hydrogen (secondary N) is 1. The molecule has 226 valence electrons. The molecule has 0 radical (unpaired) electrons. The van der Waals surface area contributed by atoms with Crippen LogP contribution in [0.15, 0.2) is 71.6 Å². The van der Waals surface area contributed by atoms with E-state index in [1.54, 1.807) is 48.5 Å².